The van der Waals surface area contributed by atoms with Crippen LogP contribution in [0.3, 0.4) is 0 Å². The van der Waals surface area contributed by atoms with Crippen LogP contribution in [0.4, 0.5) is 11.8 Å². The van der Waals surface area contributed by atoms with Crippen molar-refractivity contribution >= 4 is 28.7 Å². The summed E-state index contributed by atoms with van der Waals surface area (Å²) in [5.41, 5.74) is 2.90. The molecule has 3 saturated heterocycles. The summed E-state index contributed by atoms with van der Waals surface area (Å²) in [5.74, 6) is 2.00. The molecule has 0 aliphatic carbocycles. The van der Waals surface area contributed by atoms with Gasteiger partial charge in [0.15, 0.2) is 5.65 Å². The second kappa shape index (κ2) is 9.29. The summed E-state index contributed by atoms with van der Waals surface area (Å²) >= 11 is 0. The lowest BCUT2D eigenvalue weighted by Gasteiger charge is -2.36. The molecule has 4 atom stereocenters. The molecule has 1 N–H and O–H groups in total. The van der Waals surface area contributed by atoms with E-state index in [2.05, 4.69) is 35.0 Å². The first-order chi connectivity index (χ1) is 17.5. The van der Waals surface area contributed by atoms with Crippen molar-refractivity contribution < 1.29 is 14.3 Å². The number of piperidine rings is 1. The van der Waals surface area contributed by atoms with Crippen LogP contribution in [-0.4, -0.2) is 79.0 Å². The second-order valence-corrected chi connectivity index (χ2v) is 10.2. The number of aromatic nitrogens is 3. The molecule has 1 amide bonds. The Bertz CT molecular complexity index is 1280. The fraction of sp³-hybridized carbons (Fsp3) is 0.481. The summed E-state index contributed by atoms with van der Waals surface area (Å²) < 4.78 is 11.9. The van der Waals surface area contributed by atoms with E-state index in [0.717, 1.165) is 61.7 Å². The third-order valence-electron chi connectivity index (χ3n) is 7.24. The van der Waals surface area contributed by atoms with Crippen LogP contribution in [0.15, 0.2) is 36.4 Å². The van der Waals surface area contributed by atoms with E-state index in [0.29, 0.717) is 23.1 Å². The molecule has 0 saturated carbocycles. The summed E-state index contributed by atoms with van der Waals surface area (Å²) in [5, 5.41) is 3.62. The van der Waals surface area contributed by atoms with Crippen LogP contribution in [0.25, 0.3) is 22.3 Å². The highest BCUT2D eigenvalue weighted by Gasteiger charge is 2.36. The topological polar surface area (TPSA) is 92.7 Å². The van der Waals surface area contributed by atoms with E-state index < -0.39 is 0 Å². The zero-order chi connectivity index (χ0) is 24.8. The maximum atomic E-state index is 12.2. The number of fused-ring (bicyclic) bond motifs is 3. The summed E-state index contributed by atoms with van der Waals surface area (Å²) in [6.07, 6.45) is 1.57. The molecule has 3 aromatic rings. The van der Waals surface area contributed by atoms with Crippen molar-refractivity contribution in [2.45, 2.75) is 38.6 Å². The van der Waals surface area contributed by atoms with E-state index in [9.17, 15) is 4.79 Å². The maximum absolute atomic E-state index is 12.2. The van der Waals surface area contributed by atoms with Gasteiger partial charge in [-0.05, 0) is 44.5 Å². The van der Waals surface area contributed by atoms with Gasteiger partial charge in [-0.1, -0.05) is 12.1 Å². The monoisotopic (exact) mass is 488 g/mol. The molecule has 0 spiro atoms. The summed E-state index contributed by atoms with van der Waals surface area (Å²) in [6, 6.07) is 11.6. The van der Waals surface area contributed by atoms with Crippen molar-refractivity contribution in [1.82, 2.24) is 20.3 Å². The van der Waals surface area contributed by atoms with Crippen LogP contribution < -0.4 is 15.1 Å². The van der Waals surface area contributed by atoms with Gasteiger partial charge in [0.1, 0.15) is 5.82 Å². The number of nitrogens with one attached hydrogen (secondary N) is 1. The van der Waals surface area contributed by atoms with Crippen molar-refractivity contribution in [3.8, 4) is 11.3 Å². The van der Waals surface area contributed by atoms with E-state index >= 15 is 0 Å². The van der Waals surface area contributed by atoms with Gasteiger partial charge in [0.2, 0.25) is 5.95 Å². The van der Waals surface area contributed by atoms with Gasteiger partial charge in [0.05, 0.1) is 36.0 Å². The van der Waals surface area contributed by atoms with Gasteiger partial charge in [-0.3, -0.25) is 4.79 Å². The number of ether oxygens (including phenoxy) is 2. The minimum Gasteiger partial charge on any atom is -0.376 e. The fourth-order valence-electron chi connectivity index (χ4n) is 5.67. The van der Waals surface area contributed by atoms with E-state index in [1.165, 1.54) is 0 Å². The van der Waals surface area contributed by atoms with Crippen LogP contribution in [0.5, 0.6) is 0 Å². The molecular formula is C27H32N6O3. The Morgan fingerprint density at radius 3 is 2.61 bits per heavy atom. The van der Waals surface area contributed by atoms with Crippen LogP contribution >= 0.6 is 0 Å². The van der Waals surface area contributed by atoms with Crippen LogP contribution in [-0.2, 0) is 9.47 Å². The van der Waals surface area contributed by atoms with E-state index in [4.69, 9.17) is 24.4 Å². The summed E-state index contributed by atoms with van der Waals surface area (Å²) in [6.45, 7) is 8.20. The van der Waals surface area contributed by atoms with Gasteiger partial charge in [0.25, 0.3) is 5.91 Å². The number of carbonyl (C=O) groups is 1. The van der Waals surface area contributed by atoms with Gasteiger partial charge in [-0.25, -0.2) is 4.98 Å². The predicted molar refractivity (Wildman–Crippen MR) is 138 cm³/mol. The Morgan fingerprint density at radius 2 is 1.83 bits per heavy atom. The van der Waals surface area contributed by atoms with Crippen molar-refractivity contribution in [3.63, 3.8) is 0 Å². The fourth-order valence-corrected chi connectivity index (χ4v) is 5.67. The first kappa shape index (κ1) is 23.1. The second-order valence-electron chi connectivity index (χ2n) is 10.2. The summed E-state index contributed by atoms with van der Waals surface area (Å²) in [7, 11) is 1.63. The van der Waals surface area contributed by atoms with Crippen LogP contribution in [0, 0.1) is 5.92 Å². The number of morpholine rings is 1. The van der Waals surface area contributed by atoms with Crippen molar-refractivity contribution in [1.29, 1.82) is 0 Å². The average molecular weight is 489 g/mol. The molecule has 3 fully saturated rings. The average Bonchev–Trinajstić information content (AvgIpc) is 3.23. The van der Waals surface area contributed by atoms with Gasteiger partial charge >= 0.3 is 0 Å². The number of hydrogen-bond donors (Lipinski definition) is 1. The molecule has 1 aromatic carbocycles. The smallest absolute Gasteiger partial charge is 0.251 e. The minimum atomic E-state index is -0.123. The Kier molecular flexibility index (Phi) is 5.97. The number of anilines is 2. The molecule has 2 bridgehead atoms. The Morgan fingerprint density at radius 1 is 1.00 bits per heavy atom. The number of rotatable bonds is 4. The van der Waals surface area contributed by atoms with Crippen LogP contribution in [0.2, 0.25) is 0 Å². The van der Waals surface area contributed by atoms with Crippen LogP contribution in [0.1, 0.15) is 30.6 Å². The lowest BCUT2D eigenvalue weighted by molar-refractivity contribution is -0.00570. The van der Waals surface area contributed by atoms with Crippen molar-refractivity contribution in [2.75, 3.05) is 49.6 Å². The van der Waals surface area contributed by atoms with Gasteiger partial charge in [-0.2, -0.15) is 9.97 Å². The minimum absolute atomic E-state index is 0.0995. The Labute approximate surface area is 210 Å². The highest BCUT2D eigenvalue weighted by Crippen LogP contribution is 2.34. The largest absolute Gasteiger partial charge is 0.376 e. The van der Waals surface area contributed by atoms with E-state index in [-0.39, 0.29) is 24.2 Å². The first-order valence-electron chi connectivity index (χ1n) is 12.7. The normalized spacial score (nSPS) is 25.9. The number of carbonyl (C=O) groups excluding carboxylic acids is 1. The molecule has 9 nitrogen and oxygen atoms in total. The number of amides is 1. The molecular weight excluding hydrogens is 456 g/mol. The van der Waals surface area contributed by atoms with Gasteiger partial charge in [-0.15, -0.1) is 0 Å². The molecule has 36 heavy (non-hydrogen) atoms. The molecule has 188 valence electrons. The lowest BCUT2D eigenvalue weighted by atomic mass is 10.00. The van der Waals surface area contributed by atoms with Crippen molar-refractivity contribution in [2.24, 2.45) is 5.92 Å². The molecule has 6 rings (SSSR count). The Hall–Kier alpha value is -3.30. The predicted octanol–water partition coefficient (Wildman–Crippen LogP) is 2.89. The van der Waals surface area contributed by atoms with Crippen molar-refractivity contribution in [3.05, 3.63) is 42.0 Å². The zero-order valence-corrected chi connectivity index (χ0v) is 21.0. The molecule has 2 unspecified atom stereocenters. The van der Waals surface area contributed by atoms with E-state index in [1.807, 2.05) is 24.3 Å². The molecule has 9 heteroatoms. The number of benzene rings is 1. The summed E-state index contributed by atoms with van der Waals surface area (Å²) in [4.78, 5) is 31.8. The molecule has 0 radical (unpaired) electrons. The highest BCUT2D eigenvalue weighted by molar-refractivity contribution is 5.95. The highest BCUT2D eigenvalue weighted by atomic mass is 16.5. The van der Waals surface area contributed by atoms with Gasteiger partial charge < -0.3 is 24.6 Å². The number of pyridine rings is 1. The maximum Gasteiger partial charge on any atom is 0.251 e. The molecule has 3 aliphatic heterocycles. The molecule has 2 aromatic heterocycles. The third kappa shape index (κ3) is 4.37. The zero-order valence-electron chi connectivity index (χ0n) is 21.0. The quantitative estimate of drug-likeness (QED) is 0.599. The standard InChI is InChI=1S/C27H32N6O3/c1-16-11-33(12-17(2)36-16)27-30-24-22(25(31-27)32-13-18-9-21(14-32)35-15-18)7-8-23(29-24)19-5-4-6-20(10-19)26(34)28-3/h4-8,10,16-18,21H,9,11-15H2,1-3H3,(H,28,34)/t16-,17+,18?,21?. The first-order valence-corrected chi connectivity index (χ1v) is 12.7. The van der Waals surface area contributed by atoms with Gasteiger partial charge in [0, 0.05) is 50.3 Å². The number of hydrogen-bond acceptors (Lipinski definition) is 8. The van der Waals surface area contributed by atoms with E-state index in [1.54, 1.807) is 13.1 Å². The molecule has 5 heterocycles. The number of nitrogens with zero attached hydrogens (tertiary/aromatic N) is 5. The Balaban J connectivity index is 1.45. The third-order valence-corrected chi connectivity index (χ3v) is 7.24. The molecule has 3 aliphatic rings. The SMILES string of the molecule is CNC(=O)c1cccc(-c2ccc3c(N4CC5COC(C5)C4)nc(N4C[C@@H](C)O[C@@H](C)C4)nc3n2)c1. The lowest BCUT2D eigenvalue weighted by Crippen LogP contribution is -2.46.